The average Bonchev–Trinajstić information content (AvgIpc) is 2.29. The SMILES string of the molecule is CCC(OC(=O)c1cc(N)cc(C)c1F)C(=O)O. The van der Waals surface area contributed by atoms with Gasteiger partial charge in [0, 0.05) is 5.69 Å². The van der Waals surface area contributed by atoms with Crippen LogP contribution in [0.15, 0.2) is 12.1 Å². The first-order valence-electron chi connectivity index (χ1n) is 5.36. The van der Waals surface area contributed by atoms with Gasteiger partial charge < -0.3 is 15.6 Å². The lowest BCUT2D eigenvalue weighted by atomic mass is 10.1. The zero-order valence-corrected chi connectivity index (χ0v) is 10.1. The number of aryl methyl sites for hydroxylation is 1. The molecule has 0 aliphatic rings. The standard InChI is InChI=1S/C12H14FNO4/c1-3-9(11(15)16)18-12(17)8-5-7(14)4-6(2)10(8)13/h4-5,9H,3,14H2,1-2H3,(H,15,16). The molecule has 1 unspecified atom stereocenters. The summed E-state index contributed by atoms with van der Waals surface area (Å²) in [7, 11) is 0. The minimum Gasteiger partial charge on any atom is -0.479 e. The molecule has 0 aliphatic carbocycles. The van der Waals surface area contributed by atoms with E-state index in [-0.39, 0.29) is 23.2 Å². The Morgan fingerprint density at radius 1 is 1.50 bits per heavy atom. The number of rotatable bonds is 4. The molecule has 0 aromatic heterocycles. The molecule has 0 heterocycles. The fourth-order valence-electron chi connectivity index (χ4n) is 1.45. The van der Waals surface area contributed by atoms with Gasteiger partial charge in [0.25, 0.3) is 0 Å². The van der Waals surface area contributed by atoms with Gasteiger partial charge in [0.2, 0.25) is 0 Å². The first kappa shape index (κ1) is 14.0. The predicted molar refractivity (Wildman–Crippen MR) is 62.7 cm³/mol. The highest BCUT2D eigenvalue weighted by Gasteiger charge is 2.23. The molecule has 1 atom stereocenters. The number of carboxylic acid groups (broad SMARTS) is 1. The van der Waals surface area contributed by atoms with Crippen LogP contribution >= 0.6 is 0 Å². The topological polar surface area (TPSA) is 89.6 Å². The van der Waals surface area contributed by atoms with Crippen molar-refractivity contribution in [2.24, 2.45) is 0 Å². The number of benzene rings is 1. The Labute approximate surface area is 103 Å². The Balaban J connectivity index is 3.01. The third kappa shape index (κ3) is 2.97. The second-order valence-electron chi connectivity index (χ2n) is 3.84. The van der Waals surface area contributed by atoms with Gasteiger partial charge in [-0.15, -0.1) is 0 Å². The van der Waals surface area contributed by atoms with E-state index in [4.69, 9.17) is 15.6 Å². The minimum absolute atomic E-state index is 0.101. The third-order valence-corrected chi connectivity index (χ3v) is 2.39. The fraction of sp³-hybridized carbons (Fsp3) is 0.333. The molecular formula is C12H14FNO4. The van der Waals surface area contributed by atoms with E-state index in [0.29, 0.717) is 0 Å². The van der Waals surface area contributed by atoms with Crippen LogP contribution in [-0.2, 0) is 9.53 Å². The quantitative estimate of drug-likeness (QED) is 0.631. The second kappa shape index (κ2) is 5.48. The van der Waals surface area contributed by atoms with Gasteiger partial charge in [0.15, 0.2) is 6.10 Å². The van der Waals surface area contributed by atoms with Crippen molar-refractivity contribution in [3.63, 3.8) is 0 Å². The van der Waals surface area contributed by atoms with Gasteiger partial charge in [0.1, 0.15) is 5.82 Å². The molecule has 0 saturated carbocycles. The number of anilines is 1. The molecule has 1 rings (SSSR count). The summed E-state index contributed by atoms with van der Waals surface area (Å²) < 4.78 is 18.4. The van der Waals surface area contributed by atoms with Gasteiger partial charge in [-0.3, -0.25) is 0 Å². The molecule has 1 aromatic rings. The summed E-state index contributed by atoms with van der Waals surface area (Å²) in [5.74, 6) is -3.06. The maximum atomic E-state index is 13.7. The molecular weight excluding hydrogens is 241 g/mol. The van der Waals surface area contributed by atoms with E-state index in [1.807, 2.05) is 0 Å². The van der Waals surface area contributed by atoms with Crippen LogP contribution < -0.4 is 5.73 Å². The van der Waals surface area contributed by atoms with Crippen LogP contribution in [0.5, 0.6) is 0 Å². The Morgan fingerprint density at radius 2 is 2.11 bits per heavy atom. The van der Waals surface area contributed by atoms with Crippen LogP contribution in [0, 0.1) is 12.7 Å². The van der Waals surface area contributed by atoms with Crippen molar-refractivity contribution < 1.29 is 23.8 Å². The Morgan fingerprint density at radius 3 is 2.61 bits per heavy atom. The van der Waals surface area contributed by atoms with E-state index < -0.39 is 23.9 Å². The van der Waals surface area contributed by atoms with E-state index in [0.717, 1.165) is 6.07 Å². The van der Waals surface area contributed by atoms with Crippen molar-refractivity contribution in [1.29, 1.82) is 0 Å². The molecule has 0 fully saturated rings. The number of nitrogen functional groups attached to an aromatic ring is 1. The maximum absolute atomic E-state index is 13.7. The van der Waals surface area contributed by atoms with Crippen molar-refractivity contribution in [3.05, 3.63) is 29.1 Å². The number of nitrogens with two attached hydrogens (primary N) is 1. The minimum atomic E-state index is -1.29. The molecule has 0 bridgehead atoms. The van der Waals surface area contributed by atoms with Crippen molar-refractivity contribution in [3.8, 4) is 0 Å². The zero-order valence-electron chi connectivity index (χ0n) is 10.1. The summed E-state index contributed by atoms with van der Waals surface area (Å²) in [5.41, 5.74) is 5.56. The van der Waals surface area contributed by atoms with E-state index >= 15 is 0 Å². The fourth-order valence-corrected chi connectivity index (χ4v) is 1.45. The highest BCUT2D eigenvalue weighted by Crippen LogP contribution is 2.18. The molecule has 3 N–H and O–H groups in total. The zero-order chi connectivity index (χ0) is 13.9. The maximum Gasteiger partial charge on any atom is 0.345 e. The normalized spacial score (nSPS) is 11.9. The van der Waals surface area contributed by atoms with Crippen LogP contribution in [-0.4, -0.2) is 23.1 Å². The Bertz CT molecular complexity index is 487. The summed E-state index contributed by atoms with van der Waals surface area (Å²) in [5, 5.41) is 8.75. The van der Waals surface area contributed by atoms with E-state index in [9.17, 15) is 14.0 Å². The van der Waals surface area contributed by atoms with Gasteiger partial charge in [-0.2, -0.15) is 0 Å². The van der Waals surface area contributed by atoms with Gasteiger partial charge in [0.05, 0.1) is 5.56 Å². The number of carbonyl (C=O) groups is 2. The van der Waals surface area contributed by atoms with Crippen molar-refractivity contribution >= 4 is 17.6 Å². The molecule has 6 heteroatoms. The molecule has 0 saturated heterocycles. The number of hydrogen-bond acceptors (Lipinski definition) is 4. The molecule has 1 aromatic carbocycles. The van der Waals surface area contributed by atoms with Gasteiger partial charge in [-0.05, 0) is 31.0 Å². The van der Waals surface area contributed by atoms with E-state index in [1.54, 1.807) is 6.92 Å². The number of aliphatic carboxylic acids is 1. The first-order valence-corrected chi connectivity index (χ1v) is 5.36. The number of carboxylic acids is 1. The molecule has 5 nitrogen and oxygen atoms in total. The largest absolute Gasteiger partial charge is 0.479 e. The average molecular weight is 255 g/mol. The summed E-state index contributed by atoms with van der Waals surface area (Å²) >= 11 is 0. The second-order valence-corrected chi connectivity index (χ2v) is 3.84. The summed E-state index contributed by atoms with van der Waals surface area (Å²) in [4.78, 5) is 22.4. The number of carbonyl (C=O) groups excluding carboxylic acids is 1. The molecule has 0 radical (unpaired) electrons. The number of ether oxygens (including phenoxy) is 1. The Kier molecular flexibility index (Phi) is 4.25. The number of esters is 1. The molecule has 0 aliphatic heterocycles. The summed E-state index contributed by atoms with van der Waals surface area (Å²) in [6.07, 6.45) is -1.19. The van der Waals surface area contributed by atoms with Gasteiger partial charge in [-0.1, -0.05) is 6.92 Å². The summed E-state index contributed by atoms with van der Waals surface area (Å²) in [6, 6.07) is 2.50. The van der Waals surface area contributed by atoms with Crippen LogP contribution in [0.4, 0.5) is 10.1 Å². The number of hydrogen-bond donors (Lipinski definition) is 2. The Hall–Kier alpha value is -2.11. The third-order valence-electron chi connectivity index (χ3n) is 2.39. The monoisotopic (exact) mass is 255 g/mol. The predicted octanol–water partition coefficient (Wildman–Crippen LogP) is 1.74. The van der Waals surface area contributed by atoms with Crippen LogP contribution in [0.1, 0.15) is 29.3 Å². The van der Waals surface area contributed by atoms with Gasteiger partial charge in [-0.25, -0.2) is 14.0 Å². The van der Waals surface area contributed by atoms with Crippen molar-refractivity contribution in [1.82, 2.24) is 0 Å². The molecule has 0 amide bonds. The molecule has 98 valence electrons. The lowest BCUT2D eigenvalue weighted by Crippen LogP contribution is -2.26. The smallest absolute Gasteiger partial charge is 0.345 e. The van der Waals surface area contributed by atoms with Crippen molar-refractivity contribution in [2.75, 3.05) is 5.73 Å². The highest BCUT2D eigenvalue weighted by molar-refractivity contribution is 5.92. The lowest BCUT2D eigenvalue weighted by Gasteiger charge is -2.12. The highest BCUT2D eigenvalue weighted by atomic mass is 19.1. The van der Waals surface area contributed by atoms with Gasteiger partial charge >= 0.3 is 11.9 Å². The molecule has 0 spiro atoms. The summed E-state index contributed by atoms with van der Waals surface area (Å²) in [6.45, 7) is 3.00. The van der Waals surface area contributed by atoms with Crippen molar-refractivity contribution in [2.45, 2.75) is 26.4 Å². The van der Waals surface area contributed by atoms with E-state index in [1.165, 1.54) is 13.0 Å². The van der Waals surface area contributed by atoms with Crippen LogP contribution in [0.25, 0.3) is 0 Å². The number of halogens is 1. The van der Waals surface area contributed by atoms with Crippen LogP contribution in [0.2, 0.25) is 0 Å². The first-order chi connectivity index (χ1) is 8.36. The lowest BCUT2D eigenvalue weighted by molar-refractivity contribution is -0.147. The van der Waals surface area contributed by atoms with E-state index in [2.05, 4.69) is 0 Å². The molecule has 18 heavy (non-hydrogen) atoms. The van der Waals surface area contributed by atoms with Crippen LogP contribution in [0.3, 0.4) is 0 Å².